The zero-order chi connectivity index (χ0) is 22.2. The number of sulfonamides is 1. The van der Waals surface area contributed by atoms with Gasteiger partial charge in [-0.3, -0.25) is 9.10 Å². The van der Waals surface area contributed by atoms with Crippen molar-refractivity contribution in [3.63, 3.8) is 0 Å². The summed E-state index contributed by atoms with van der Waals surface area (Å²) < 4.78 is 39.9. The molecule has 0 spiro atoms. The number of rotatable bonds is 4. The number of carbonyl (C=O) groups excluding carboxylic acids is 1. The molecule has 0 bridgehead atoms. The highest BCUT2D eigenvalue weighted by Gasteiger charge is 2.30. The standard InChI is InChI=1S/C20H15Cl2FN4O3S/c21-13-7-12(19-24-3-1-4-25-19)8-14(9-13)26-20(28)16-10-15(11-17(23)18(16)22)27-5-2-6-31(27,29)30/h1,3-4,7-11H,2,5-6H2,(H,26,28). The Hall–Kier alpha value is -2.75. The molecule has 2 heterocycles. The molecule has 0 radical (unpaired) electrons. The van der Waals surface area contributed by atoms with E-state index < -0.39 is 26.8 Å². The first-order valence-electron chi connectivity index (χ1n) is 9.13. The van der Waals surface area contributed by atoms with E-state index in [0.29, 0.717) is 28.5 Å². The summed E-state index contributed by atoms with van der Waals surface area (Å²) in [6, 6.07) is 8.68. The number of hydrogen-bond donors (Lipinski definition) is 1. The second-order valence-electron chi connectivity index (χ2n) is 6.79. The average molecular weight is 481 g/mol. The van der Waals surface area contributed by atoms with Gasteiger partial charge in [0.25, 0.3) is 5.91 Å². The van der Waals surface area contributed by atoms with Crippen LogP contribution >= 0.6 is 23.2 Å². The van der Waals surface area contributed by atoms with Gasteiger partial charge < -0.3 is 5.32 Å². The number of hydrogen-bond acceptors (Lipinski definition) is 5. The zero-order valence-electron chi connectivity index (χ0n) is 15.8. The van der Waals surface area contributed by atoms with Crippen molar-refractivity contribution < 1.29 is 17.6 Å². The summed E-state index contributed by atoms with van der Waals surface area (Å²) in [4.78, 5) is 21.2. The predicted molar refractivity (Wildman–Crippen MR) is 118 cm³/mol. The molecule has 1 N–H and O–H groups in total. The van der Waals surface area contributed by atoms with E-state index in [1.165, 1.54) is 12.1 Å². The molecule has 4 rings (SSSR count). The Kier molecular flexibility index (Phi) is 5.83. The summed E-state index contributed by atoms with van der Waals surface area (Å²) in [5.41, 5.74) is 0.735. The Balaban J connectivity index is 1.67. The molecule has 1 fully saturated rings. The lowest BCUT2D eigenvalue weighted by molar-refractivity contribution is 0.102. The van der Waals surface area contributed by atoms with Crippen LogP contribution in [0.3, 0.4) is 0 Å². The number of nitrogens with one attached hydrogen (secondary N) is 1. The molecular formula is C20H15Cl2FN4O3S. The van der Waals surface area contributed by atoms with Gasteiger partial charge in [-0.15, -0.1) is 0 Å². The maximum absolute atomic E-state index is 14.4. The lowest BCUT2D eigenvalue weighted by atomic mass is 10.1. The molecule has 1 aliphatic heterocycles. The number of benzene rings is 2. The summed E-state index contributed by atoms with van der Waals surface area (Å²) in [6.45, 7) is 0.208. The third kappa shape index (κ3) is 4.48. The fourth-order valence-electron chi connectivity index (χ4n) is 3.25. The molecule has 1 aromatic heterocycles. The Bertz CT molecular complexity index is 1270. The monoisotopic (exact) mass is 480 g/mol. The van der Waals surface area contributed by atoms with Crippen LogP contribution in [0.5, 0.6) is 0 Å². The van der Waals surface area contributed by atoms with Gasteiger partial charge in [-0.2, -0.15) is 0 Å². The van der Waals surface area contributed by atoms with Crippen molar-refractivity contribution in [2.24, 2.45) is 0 Å². The van der Waals surface area contributed by atoms with Gasteiger partial charge in [0.15, 0.2) is 5.82 Å². The Labute approximate surface area is 187 Å². The molecule has 1 amide bonds. The highest BCUT2D eigenvalue weighted by Crippen LogP contribution is 2.32. The van der Waals surface area contributed by atoms with Crippen LogP contribution in [0.2, 0.25) is 10.0 Å². The van der Waals surface area contributed by atoms with Gasteiger partial charge in [0.2, 0.25) is 10.0 Å². The number of anilines is 2. The predicted octanol–water partition coefficient (Wildman–Crippen LogP) is 4.38. The van der Waals surface area contributed by atoms with Crippen LogP contribution in [0, 0.1) is 5.82 Å². The lowest BCUT2D eigenvalue weighted by Crippen LogP contribution is -2.26. The van der Waals surface area contributed by atoms with Crippen molar-refractivity contribution in [2.45, 2.75) is 6.42 Å². The quantitative estimate of drug-likeness (QED) is 0.597. The fourth-order valence-corrected chi connectivity index (χ4v) is 5.23. The summed E-state index contributed by atoms with van der Waals surface area (Å²) in [5, 5.41) is 2.54. The third-order valence-electron chi connectivity index (χ3n) is 4.62. The molecule has 7 nitrogen and oxygen atoms in total. The van der Waals surface area contributed by atoms with Crippen molar-refractivity contribution in [1.82, 2.24) is 9.97 Å². The van der Waals surface area contributed by atoms with Crippen molar-refractivity contribution in [3.05, 3.63) is 70.2 Å². The van der Waals surface area contributed by atoms with Gasteiger partial charge in [-0.25, -0.2) is 22.8 Å². The van der Waals surface area contributed by atoms with E-state index >= 15 is 0 Å². The molecule has 0 saturated carbocycles. The third-order valence-corrected chi connectivity index (χ3v) is 7.10. The topological polar surface area (TPSA) is 92.3 Å². The van der Waals surface area contributed by atoms with Crippen LogP contribution < -0.4 is 9.62 Å². The maximum atomic E-state index is 14.4. The number of carbonyl (C=O) groups is 1. The van der Waals surface area contributed by atoms with E-state index in [9.17, 15) is 17.6 Å². The van der Waals surface area contributed by atoms with Crippen LogP contribution in [-0.4, -0.2) is 36.6 Å². The molecule has 31 heavy (non-hydrogen) atoms. The van der Waals surface area contributed by atoms with E-state index in [0.717, 1.165) is 10.4 Å². The van der Waals surface area contributed by atoms with E-state index in [1.54, 1.807) is 30.6 Å². The first-order chi connectivity index (χ1) is 14.7. The van der Waals surface area contributed by atoms with Crippen molar-refractivity contribution >= 4 is 50.5 Å². The fraction of sp³-hybridized carbons (Fsp3) is 0.150. The van der Waals surface area contributed by atoms with E-state index in [1.807, 2.05) is 0 Å². The smallest absolute Gasteiger partial charge is 0.257 e. The first kappa shape index (κ1) is 21.5. The van der Waals surface area contributed by atoms with Gasteiger partial charge >= 0.3 is 0 Å². The molecule has 11 heteroatoms. The normalized spacial score (nSPS) is 15.1. The van der Waals surface area contributed by atoms with Gasteiger partial charge in [0.1, 0.15) is 5.82 Å². The zero-order valence-corrected chi connectivity index (χ0v) is 18.2. The van der Waals surface area contributed by atoms with Crippen LogP contribution in [-0.2, 0) is 10.0 Å². The molecule has 160 valence electrons. The van der Waals surface area contributed by atoms with E-state index in [-0.39, 0.29) is 23.5 Å². The Morgan fingerprint density at radius 1 is 1.10 bits per heavy atom. The average Bonchev–Trinajstić information content (AvgIpc) is 3.09. The molecule has 0 unspecified atom stereocenters. The minimum absolute atomic E-state index is 0.0361. The molecule has 0 atom stereocenters. The van der Waals surface area contributed by atoms with Gasteiger partial charge in [-0.1, -0.05) is 23.2 Å². The van der Waals surface area contributed by atoms with Crippen LogP contribution in [0.4, 0.5) is 15.8 Å². The first-order valence-corrected chi connectivity index (χ1v) is 11.5. The molecule has 3 aromatic rings. The number of halogens is 3. The van der Waals surface area contributed by atoms with E-state index in [2.05, 4.69) is 15.3 Å². The van der Waals surface area contributed by atoms with Gasteiger partial charge in [0, 0.05) is 35.2 Å². The van der Waals surface area contributed by atoms with Crippen LogP contribution in [0.15, 0.2) is 48.8 Å². The second kappa shape index (κ2) is 8.41. The second-order valence-corrected chi connectivity index (χ2v) is 9.61. The van der Waals surface area contributed by atoms with Crippen LogP contribution in [0.25, 0.3) is 11.4 Å². The summed E-state index contributed by atoms with van der Waals surface area (Å²) in [7, 11) is -3.55. The molecule has 1 aliphatic rings. The largest absolute Gasteiger partial charge is 0.322 e. The molecule has 1 saturated heterocycles. The SMILES string of the molecule is O=C(Nc1cc(Cl)cc(-c2ncccn2)c1)c1cc(N2CCCS2(=O)=O)cc(F)c1Cl. The summed E-state index contributed by atoms with van der Waals surface area (Å²) in [5.74, 6) is -1.24. The van der Waals surface area contributed by atoms with Crippen molar-refractivity contribution in [2.75, 3.05) is 21.9 Å². The van der Waals surface area contributed by atoms with Crippen molar-refractivity contribution in [1.29, 1.82) is 0 Å². The number of nitrogens with zero attached hydrogens (tertiary/aromatic N) is 3. The van der Waals surface area contributed by atoms with Gasteiger partial charge in [0.05, 0.1) is 22.0 Å². The molecule has 2 aromatic carbocycles. The lowest BCUT2D eigenvalue weighted by Gasteiger charge is -2.18. The van der Waals surface area contributed by atoms with Crippen molar-refractivity contribution in [3.8, 4) is 11.4 Å². The van der Waals surface area contributed by atoms with Gasteiger partial charge in [-0.05, 0) is 42.8 Å². The highest BCUT2D eigenvalue weighted by atomic mass is 35.5. The Morgan fingerprint density at radius 3 is 2.52 bits per heavy atom. The van der Waals surface area contributed by atoms with E-state index in [4.69, 9.17) is 23.2 Å². The number of aromatic nitrogens is 2. The summed E-state index contributed by atoms with van der Waals surface area (Å²) in [6.07, 6.45) is 3.56. The minimum atomic E-state index is -3.55. The van der Waals surface area contributed by atoms with Crippen LogP contribution in [0.1, 0.15) is 16.8 Å². The number of amides is 1. The molecular weight excluding hydrogens is 466 g/mol. The Morgan fingerprint density at radius 2 is 1.84 bits per heavy atom. The maximum Gasteiger partial charge on any atom is 0.257 e. The summed E-state index contributed by atoms with van der Waals surface area (Å²) >= 11 is 12.2. The minimum Gasteiger partial charge on any atom is -0.322 e. The molecule has 0 aliphatic carbocycles. The highest BCUT2D eigenvalue weighted by molar-refractivity contribution is 7.93.